The molecule has 0 amide bonds. The van der Waals surface area contributed by atoms with Gasteiger partial charge in [-0.15, -0.1) is 0 Å². The molecule has 7 heteroatoms. The molecule has 1 aliphatic rings. The molecule has 0 spiro atoms. The first kappa shape index (κ1) is 14.4. The second-order valence-electron chi connectivity index (χ2n) is 5.67. The Morgan fingerprint density at radius 1 is 1.43 bits per heavy atom. The van der Waals surface area contributed by atoms with Crippen LogP contribution in [0.2, 0.25) is 0 Å². The minimum Gasteiger partial charge on any atom is -0.470 e. The van der Waals surface area contributed by atoms with E-state index in [-0.39, 0.29) is 5.82 Å². The summed E-state index contributed by atoms with van der Waals surface area (Å²) >= 11 is 1.50. The molecule has 1 aromatic carbocycles. The van der Waals surface area contributed by atoms with Crippen molar-refractivity contribution in [2.24, 2.45) is 5.92 Å². The SMILES string of the molecule is Fc1ccc2nc(N3CCCC(COc4nccs4)C3)oc2c1. The van der Waals surface area contributed by atoms with Gasteiger partial charge in [-0.2, -0.15) is 4.98 Å². The molecule has 0 aliphatic carbocycles. The van der Waals surface area contributed by atoms with E-state index >= 15 is 0 Å². The molecule has 1 atom stereocenters. The Labute approximate surface area is 136 Å². The Hall–Kier alpha value is -2.15. The average molecular weight is 333 g/mol. The molecular weight excluding hydrogens is 317 g/mol. The van der Waals surface area contributed by atoms with Crippen LogP contribution in [-0.4, -0.2) is 29.7 Å². The topological polar surface area (TPSA) is 51.4 Å². The van der Waals surface area contributed by atoms with E-state index in [4.69, 9.17) is 9.15 Å². The van der Waals surface area contributed by atoms with Gasteiger partial charge in [0.2, 0.25) is 0 Å². The van der Waals surface area contributed by atoms with Gasteiger partial charge in [0.25, 0.3) is 11.2 Å². The Kier molecular flexibility index (Phi) is 3.87. The summed E-state index contributed by atoms with van der Waals surface area (Å²) in [7, 11) is 0. The first-order chi connectivity index (χ1) is 11.3. The van der Waals surface area contributed by atoms with Crippen LogP contribution in [-0.2, 0) is 0 Å². The predicted octanol–water partition coefficient (Wildman–Crippen LogP) is 3.72. The second-order valence-corrected chi connectivity index (χ2v) is 6.53. The van der Waals surface area contributed by atoms with Crippen molar-refractivity contribution in [2.45, 2.75) is 12.8 Å². The molecule has 3 aromatic rings. The van der Waals surface area contributed by atoms with E-state index in [1.807, 2.05) is 5.38 Å². The van der Waals surface area contributed by atoms with Crippen molar-refractivity contribution in [1.29, 1.82) is 0 Å². The van der Waals surface area contributed by atoms with Gasteiger partial charge in [0.05, 0.1) is 6.61 Å². The van der Waals surface area contributed by atoms with Crippen molar-refractivity contribution in [3.63, 3.8) is 0 Å². The molecule has 0 saturated carbocycles. The summed E-state index contributed by atoms with van der Waals surface area (Å²) in [5.74, 6) is 0.0907. The van der Waals surface area contributed by atoms with Gasteiger partial charge in [0.15, 0.2) is 5.58 Å². The molecule has 2 aromatic heterocycles. The van der Waals surface area contributed by atoms with Gasteiger partial charge >= 0.3 is 0 Å². The predicted molar refractivity (Wildman–Crippen MR) is 86.5 cm³/mol. The molecular formula is C16H16FN3O2S. The molecule has 1 saturated heterocycles. The summed E-state index contributed by atoms with van der Waals surface area (Å²) < 4.78 is 24.7. The highest BCUT2D eigenvalue weighted by molar-refractivity contribution is 7.11. The summed E-state index contributed by atoms with van der Waals surface area (Å²) in [6.07, 6.45) is 3.90. The fourth-order valence-corrected chi connectivity index (χ4v) is 3.36. The molecule has 0 radical (unpaired) electrons. The van der Waals surface area contributed by atoms with Crippen molar-refractivity contribution < 1.29 is 13.5 Å². The van der Waals surface area contributed by atoms with E-state index in [1.165, 1.54) is 23.5 Å². The maximum absolute atomic E-state index is 13.3. The van der Waals surface area contributed by atoms with E-state index in [0.717, 1.165) is 25.9 Å². The summed E-state index contributed by atoms with van der Waals surface area (Å²) in [5, 5.41) is 2.61. The monoisotopic (exact) mass is 333 g/mol. The third-order valence-electron chi connectivity index (χ3n) is 3.98. The fraction of sp³-hybridized carbons (Fsp3) is 0.375. The number of anilines is 1. The number of aromatic nitrogens is 2. The molecule has 1 fully saturated rings. The zero-order valence-electron chi connectivity index (χ0n) is 12.4. The minimum absolute atomic E-state index is 0.312. The van der Waals surface area contributed by atoms with Gasteiger partial charge in [-0.25, -0.2) is 9.37 Å². The first-order valence-corrected chi connectivity index (χ1v) is 8.49. The number of thiazole rings is 1. The van der Waals surface area contributed by atoms with Crippen molar-refractivity contribution >= 4 is 28.5 Å². The standard InChI is InChI=1S/C16H16FN3O2S/c17-12-3-4-13-14(8-12)22-15(19-13)20-6-1-2-11(9-20)10-21-16-18-5-7-23-16/h3-5,7-8,11H,1-2,6,9-10H2. The van der Waals surface area contributed by atoms with Crippen LogP contribution in [0.3, 0.4) is 0 Å². The number of fused-ring (bicyclic) bond motifs is 1. The van der Waals surface area contributed by atoms with Crippen LogP contribution in [0.5, 0.6) is 5.19 Å². The molecule has 1 aliphatic heterocycles. The first-order valence-electron chi connectivity index (χ1n) is 7.61. The van der Waals surface area contributed by atoms with Crippen LogP contribution in [0.25, 0.3) is 11.1 Å². The van der Waals surface area contributed by atoms with Crippen molar-refractivity contribution in [1.82, 2.24) is 9.97 Å². The zero-order chi connectivity index (χ0) is 15.6. The third-order valence-corrected chi connectivity index (χ3v) is 4.66. The molecule has 120 valence electrons. The number of ether oxygens (including phenoxy) is 1. The van der Waals surface area contributed by atoms with Gasteiger partial charge in [0, 0.05) is 36.7 Å². The summed E-state index contributed by atoms with van der Waals surface area (Å²) in [4.78, 5) is 10.7. The van der Waals surface area contributed by atoms with Crippen molar-refractivity contribution in [3.8, 4) is 5.19 Å². The number of hydrogen-bond donors (Lipinski definition) is 0. The average Bonchev–Trinajstić information content (AvgIpc) is 3.22. The van der Waals surface area contributed by atoms with Gasteiger partial charge < -0.3 is 14.1 Å². The maximum atomic E-state index is 13.3. The van der Waals surface area contributed by atoms with Gasteiger partial charge in [-0.1, -0.05) is 11.3 Å². The molecule has 0 N–H and O–H groups in total. The highest BCUT2D eigenvalue weighted by Crippen LogP contribution is 2.27. The van der Waals surface area contributed by atoms with E-state index in [9.17, 15) is 4.39 Å². The largest absolute Gasteiger partial charge is 0.470 e. The highest BCUT2D eigenvalue weighted by atomic mass is 32.1. The normalized spacial score (nSPS) is 18.5. The zero-order valence-corrected chi connectivity index (χ0v) is 13.3. The number of benzene rings is 1. The molecule has 3 heterocycles. The molecule has 4 rings (SSSR count). The number of nitrogens with zero attached hydrogens (tertiary/aromatic N) is 3. The quantitative estimate of drug-likeness (QED) is 0.728. The fourth-order valence-electron chi connectivity index (χ4n) is 2.87. The smallest absolute Gasteiger partial charge is 0.298 e. The lowest BCUT2D eigenvalue weighted by molar-refractivity contribution is 0.225. The number of hydrogen-bond acceptors (Lipinski definition) is 6. The Bertz CT molecular complexity index is 790. The van der Waals surface area contributed by atoms with Gasteiger partial charge in [-0.3, -0.25) is 0 Å². The third kappa shape index (κ3) is 3.14. The lowest BCUT2D eigenvalue weighted by Gasteiger charge is -2.31. The molecule has 1 unspecified atom stereocenters. The van der Waals surface area contributed by atoms with E-state index < -0.39 is 0 Å². The van der Waals surface area contributed by atoms with Crippen LogP contribution in [0, 0.1) is 11.7 Å². The van der Waals surface area contributed by atoms with Crippen LogP contribution in [0.15, 0.2) is 34.2 Å². The molecule has 23 heavy (non-hydrogen) atoms. The van der Waals surface area contributed by atoms with Crippen molar-refractivity contribution in [3.05, 3.63) is 35.6 Å². The highest BCUT2D eigenvalue weighted by Gasteiger charge is 2.24. The summed E-state index contributed by atoms with van der Waals surface area (Å²) in [6, 6.07) is 4.98. The van der Waals surface area contributed by atoms with Gasteiger partial charge in [0.1, 0.15) is 11.3 Å². The molecule has 5 nitrogen and oxygen atoms in total. The van der Waals surface area contributed by atoms with Crippen LogP contribution in [0.1, 0.15) is 12.8 Å². The van der Waals surface area contributed by atoms with Crippen LogP contribution in [0.4, 0.5) is 10.4 Å². The van der Waals surface area contributed by atoms with Crippen LogP contribution >= 0.6 is 11.3 Å². The van der Waals surface area contributed by atoms with E-state index in [2.05, 4.69) is 14.9 Å². The van der Waals surface area contributed by atoms with Crippen molar-refractivity contribution in [2.75, 3.05) is 24.6 Å². The maximum Gasteiger partial charge on any atom is 0.298 e. The number of halogens is 1. The lowest BCUT2D eigenvalue weighted by atomic mass is 9.99. The number of piperidine rings is 1. The Morgan fingerprint density at radius 3 is 3.26 bits per heavy atom. The van der Waals surface area contributed by atoms with Gasteiger partial charge in [-0.05, 0) is 25.0 Å². The molecule has 0 bridgehead atoms. The second kappa shape index (κ2) is 6.16. The summed E-state index contributed by atoms with van der Waals surface area (Å²) in [5.41, 5.74) is 1.17. The number of rotatable bonds is 4. The van der Waals surface area contributed by atoms with E-state index in [1.54, 1.807) is 12.3 Å². The summed E-state index contributed by atoms with van der Waals surface area (Å²) in [6.45, 7) is 2.35. The Morgan fingerprint density at radius 2 is 2.39 bits per heavy atom. The Balaban J connectivity index is 1.45. The lowest BCUT2D eigenvalue weighted by Crippen LogP contribution is -2.37. The van der Waals surface area contributed by atoms with Crippen LogP contribution < -0.4 is 9.64 Å². The van der Waals surface area contributed by atoms with E-state index in [0.29, 0.717) is 34.8 Å². The number of oxazole rings is 1. The minimum atomic E-state index is -0.312.